The van der Waals surface area contributed by atoms with Crippen molar-refractivity contribution in [3.63, 3.8) is 0 Å². The monoisotopic (exact) mass is 338 g/mol. The molecule has 0 aliphatic carbocycles. The van der Waals surface area contributed by atoms with Crippen LogP contribution in [0.5, 0.6) is 5.75 Å². The zero-order chi connectivity index (χ0) is 16.9. The fourth-order valence-corrected chi connectivity index (χ4v) is 3.11. The largest absolute Gasteiger partial charge is 0.487 e. The zero-order valence-electron chi connectivity index (χ0n) is 13.6. The van der Waals surface area contributed by atoms with Crippen molar-refractivity contribution in [1.82, 2.24) is 4.98 Å². The Hall–Kier alpha value is -2.66. The highest BCUT2D eigenvalue weighted by Gasteiger charge is 2.06. The first-order chi connectivity index (χ1) is 11.6. The minimum atomic E-state index is -0.0808. The number of anilines is 1. The first kappa shape index (κ1) is 16.2. The van der Waals surface area contributed by atoms with Crippen LogP contribution >= 0.6 is 11.3 Å². The molecule has 0 saturated carbocycles. The van der Waals surface area contributed by atoms with Gasteiger partial charge in [0.05, 0.1) is 5.69 Å². The maximum atomic E-state index is 11.1. The van der Waals surface area contributed by atoms with Crippen molar-refractivity contribution in [2.45, 2.75) is 20.5 Å². The summed E-state index contributed by atoms with van der Waals surface area (Å²) in [6.45, 7) is 3.85. The summed E-state index contributed by atoms with van der Waals surface area (Å²) in [7, 11) is 0. The number of aromatic nitrogens is 1. The number of benzene rings is 2. The lowest BCUT2D eigenvalue weighted by Gasteiger charge is -2.09. The number of nitrogens with zero attached hydrogens (tertiary/aromatic N) is 1. The number of nitrogens with one attached hydrogen (secondary N) is 1. The van der Waals surface area contributed by atoms with Gasteiger partial charge in [-0.3, -0.25) is 4.79 Å². The van der Waals surface area contributed by atoms with Crippen LogP contribution in [-0.2, 0) is 11.4 Å². The Morgan fingerprint density at radius 1 is 1.21 bits per heavy atom. The predicted octanol–water partition coefficient (Wildman–Crippen LogP) is 4.66. The Balaban J connectivity index is 1.65. The Kier molecular flexibility index (Phi) is 4.91. The van der Waals surface area contributed by atoms with Crippen molar-refractivity contribution in [3.05, 3.63) is 65.2 Å². The van der Waals surface area contributed by atoms with Crippen LogP contribution in [0.2, 0.25) is 0 Å². The minimum absolute atomic E-state index is 0.0808. The number of carbonyl (C=O) groups excluding carboxylic acids is 1. The number of carbonyl (C=O) groups is 1. The second-order valence-electron chi connectivity index (χ2n) is 5.46. The highest BCUT2D eigenvalue weighted by Crippen LogP contribution is 2.25. The van der Waals surface area contributed by atoms with Gasteiger partial charge >= 0.3 is 0 Å². The van der Waals surface area contributed by atoms with Crippen molar-refractivity contribution in [3.8, 4) is 16.3 Å². The molecule has 0 saturated heterocycles. The van der Waals surface area contributed by atoms with E-state index in [-0.39, 0.29) is 5.91 Å². The van der Waals surface area contributed by atoms with Gasteiger partial charge in [-0.15, -0.1) is 11.3 Å². The summed E-state index contributed by atoms with van der Waals surface area (Å²) in [5.74, 6) is 0.679. The number of amides is 1. The molecule has 5 heteroatoms. The number of hydrogen-bond acceptors (Lipinski definition) is 4. The molecule has 4 nitrogen and oxygen atoms in total. The molecule has 0 aliphatic heterocycles. The maximum Gasteiger partial charge on any atom is 0.221 e. The van der Waals surface area contributed by atoms with E-state index in [9.17, 15) is 4.79 Å². The lowest BCUT2D eigenvalue weighted by atomic mass is 10.2. The highest BCUT2D eigenvalue weighted by molar-refractivity contribution is 7.13. The summed E-state index contributed by atoms with van der Waals surface area (Å²) in [5.41, 5.74) is 3.78. The second kappa shape index (κ2) is 7.27. The van der Waals surface area contributed by atoms with Gasteiger partial charge in [0.2, 0.25) is 5.91 Å². The molecule has 122 valence electrons. The summed E-state index contributed by atoms with van der Waals surface area (Å²) in [4.78, 5) is 15.7. The predicted molar refractivity (Wildman–Crippen MR) is 97.4 cm³/mol. The first-order valence-corrected chi connectivity index (χ1v) is 8.50. The van der Waals surface area contributed by atoms with Gasteiger partial charge < -0.3 is 10.1 Å². The van der Waals surface area contributed by atoms with Crippen molar-refractivity contribution in [1.29, 1.82) is 0 Å². The van der Waals surface area contributed by atoms with E-state index in [4.69, 9.17) is 4.74 Å². The topological polar surface area (TPSA) is 51.2 Å². The molecule has 24 heavy (non-hydrogen) atoms. The van der Waals surface area contributed by atoms with Crippen LogP contribution in [0.4, 0.5) is 5.69 Å². The van der Waals surface area contributed by atoms with Gasteiger partial charge in [0, 0.05) is 23.6 Å². The molecule has 1 amide bonds. The van der Waals surface area contributed by atoms with Gasteiger partial charge in [0.1, 0.15) is 17.4 Å². The molecule has 0 spiro atoms. The first-order valence-electron chi connectivity index (χ1n) is 7.62. The standard InChI is InChI=1S/C19H18N2O2S/c1-13-10-17(8-9-18(13)20-14(2)22)23-11-16-12-24-19(21-16)15-6-4-3-5-7-15/h3-10,12H,11H2,1-2H3,(H,20,22). The summed E-state index contributed by atoms with van der Waals surface area (Å²) in [6.07, 6.45) is 0. The maximum absolute atomic E-state index is 11.1. The van der Waals surface area contributed by atoms with Gasteiger partial charge in [0.15, 0.2) is 0 Å². The number of aryl methyl sites for hydroxylation is 1. The molecular weight excluding hydrogens is 320 g/mol. The molecule has 2 aromatic carbocycles. The Morgan fingerprint density at radius 2 is 2.00 bits per heavy atom. The van der Waals surface area contributed by atoms with Crippen LogP contribution < -0.4 is 10.1 Å². The number of thiazole rings is 1. The third-order valence-corrected chi connectivity index (χ3v) is 4.41. The van der Waals surface area contributed by atoms with Gasteiger partial charge in [-0.05, 0) is 30.7 Å². The number of rotatable bonds is 5. The van der Waals surface area contributed by atoms with Crippen LogP contribution in [0.1, 0.15) is 18.2 Å². The number of hydrogen-bond donors (Lipinski definition) is 1. The lowest BCUT2D eigenvalue weighted by molar-refractivity contribution is -0.114. The van der Waals surface area contributed by atoms with E-state index in [0.29, 0.717) is 6.61 Å². The quantitative estimate of drug-likeness (QED) is 0.736. The highest BCUT2D eigenvalue weighted by atomic mass is 32.1. The minimum Gasteiger partial charge on any atom is -0.487 e. The summed E-state index contributed by atoms with van der Waals surface area (Å²) < 4.78 is 5.81. The fourth-order valence-electron chi connectivity index (χ4n) is 2.30. The van der Waals surface area contributed by atoms with E-state index in [0.717, 1.165) is 33.3 Å². The Morgan fingerprint density at radius 3 is 2.71 bits per heavy atom. The molecule has 0 radical (unpaired) electrons. The van der Waals surface area contributed by atoms with Gasteiger partial charge in [-0.2, -0.15) is 0 Å². The average Bonchev–Trinajstić information content (AvgIpc) is 3.05. The van der Waals surface area contributed by atoms with Crippen LogP contribution in [0.25, 0.3) is 10.6 Å². The van der Waals surface area contributed by atoms with Gasteiger partial charge in [0.25, 0.3) is 0 Å². The van der Waals surface area contributed by atoms with Crippen LogP contribution in [0.3, 0.4) is 0 Å². The second-order valence-corrected chi connectivity index (χ2v) is 6.31. The molecule has 1 aromatic heterocycles. The molecular formula is C19H18N2O2S. The van der Waals surface area contributed by atoms with Crippen molar-refractivity contribution in [2.24, 2.45) is 0 Å². The molecule has 0 atom stereocenters. The average molecular weight is 338 g/mol. The molecule has 0 bridgehead atoms. The van der Waals surface area contributed by atoms with Crippen molar-refractivity contribution < 1.29 is 9.53 Å². The SMILES string of the molecule is CC(=O)Nc1ccc(OCc2csc(-c3ccccc3)n2)cc1C. The number of ether oxygens (including phenoxy) is 1. The molecule has 3 rings (SSSR count). The normalized spacial score (nSPS) is 10.4. The molecule has 1 N–H and O–H groups in total. The molecule has 1 heterocycles. The third-order valence-electron chi connectivity index (χ3n) is 3.47. The summed E-state index contributed by atoms with van der Waals surface area (Å²) >= 11 is 1.61. The molecule has 0 aliphatic rings. The van der Waals surface area contributed by atoms with Gasteiger partial charge in [-0.25, -0.2) is 4.98 Å². The molecule has 0 fully saturated rings. The van der Waals surface area contributed by atoms with E-state index < -0.39 is 0 Å². The third kappa shape index (κ3) is 4.00. The smallest absolute Gasteiger partial charge is 0.221 e. The van der Waals surface area contributed by atoms with E-state index >= 15 is 0 Å². The van der Waals surface area contributed by atoms with Crippen LogP contribution in [0, 0.1) is 6.92 Å². The van der Waals surface area contributed by atoms with E-state index in [2.05, 4.69) is 10.3 Å². The molecule has 0 unspecified atom stereocenters. The van der Waals surface area contributed by atoms with Crippen LogP contribution in [0.15, 0.2) is 53.9 Å². The van der Waals surface area contributed by atoms with E-state index in [1.54, 1.807) is 11.3 Å². The van der Waals surface area contributed by atoms with E-state index in [1.807, 2.05) is 60.8 Å². The summed E-state index contributed by atoms with van der Waals surface area (Å²) in [5, 5.41) is 5.80. The molecule has 3 aromatic rings. The van der Waals surface area contributed by atoms with Crippen molar-refractivity contribution in [2.75, 3.05) is 5.32 Å². The van der Waals surface area contributed by atoms with E-state index in [1.165, 1.54) is 6.92 Å². The summed E-state index contributed by atoms with van der Waals surface area (Å²) in [6, 6.07) is 15.7. The fraction of sp³-hybridized carbons (Fsp3) is 0.158. The Bertz CT molecular complexity index is 844. The zero-order valence-corrected chi connectivity index (χ0v) is 14.4. The Labute approximate surface area is 145 Å². The van der Waals surface area contributed by atoms with Crippen LogP contribution in [-0.4, -0.2) is 10.9 Å². The van der Waals surface area contributed by atoms with Crippen molar-refractivity contribution >= 4 is 22.9 Å². The van der Waals surface area contributed by atoms with Gasteiger partial charge in [-0.1, -0.05) is 30.3 Å². The lowest BCUT2D eigenvalue weighted by Crippen LogP contribution is -2.07.